The Morgan fingerprint density at radius 2 is 0.630 bits per heavy atom. The molecule has 4 aromatic heterocycles. The average Bonchev–Trinajstić information content (AvgIpc) is 0.777. The van der Waals surface area contributed by atoms with Gasteiger partial charge in [-0.2, -0.15) is 0 Å². The summed E-state index contributed by atoms with van der Waals surface area (Å²) in [6.45, 7) is 16.5. The molecule has 4 aliphatic carbocycles. The Hall–Kier alpha value is -12.0. The Balaban J connectivity index is 0.000000145. The van der Waals surface area contributed by atoms with Crippen molar-refractivity contribution in [2.45, 2.75) is 178 Å². The van der Waals surface area contributed by atoms with Crippen molar-refractivity contribution >= 4 is 69.5 Å². The van der Waals surface area contributed by atoms with Crippen molar-refractivity contribution in [2.24, 2.45) is 23.7 Å². The fraction of sp³-hybridized carbons (Fsp3) is 0.313. The Morgan fingerprint density at radius 1 is 0.331 bits per heavy atom. The van der Waals surface area contributed by atoms with E-state index in [9.17, 15) is 70.3 Å². The highest BCUT2D eigenvalue weighted by atomic mass is 127. The molecule has 4 amide bonds. The molecule has 127 heavy (non-hydrogen) atoms. The summed E-state index contributed by atoms with van der Waals surface area (Å²) in [6, 6.07) is 44.0. The summed E-state index contributed by atoms with van der Waals surface area (Å²) in [5, 5.41) is 49.0. The van der Waals surface area contributed by atoms with Crippen molar-refractivity contribution in [2.75, 3.05) is 21.3 Å². The molecule has 4 heterocycles. The molecule has 8 aromatic carbocycles. The summed E-state index contributed by atoms with van der Waals surface area (Å²) in [5.41, 5.74) is 22.0. The largest absolute Gasteiger partial charge is 0.392 e. The maximum Gasteiger partial charge on any atom is 0.256 e. The molecule has 0 fully saturated rings. The fourth-order valence-electron chi connectivity index (χ4n) is 15.7. The Bertz CT molecular complexity index is 6110. The number of amides is 4. The van der Waals surface area contributed by atoms with E-state index in [4.69, 9.17) is 34.9 Å². The van der Waals surface area contributed by atoms with Crippen molar-refractivity contribution in [1.29, 1.82) is 0 Å². The van der Waals surface area contributed by atoms with Crippen LogP contribution in [0.5, 0.6) is 0 Å². The molecule has 28 heteroatoms. The quantitative estimate of drug-likeness (QED) is 0.0128. The van der Waals surface area contributed by atoms with E-state index in [1.807, 2.05) is 117 Å². The number of nitrogens with one attached hydrogen (secondary N) is 4. The smallest absolute Gasteiger partial charge is 0.256 e. The highest BCUT2D eigenvalue weighted by Gasteiger charge is 2.32. The number of aromatic nitrogens is 8. The molecule has 0 aliphatic heterocycles. The van der Waals surface area contributed by atoms with Crippen molar-refractivity contribution in [3.05, 3.63) is 302 Å². The fourth-order valence-corrected chi connectivity index (χ4v) is 16.1. The van der Waals surface area contributed by atoms with Gasteiger partial charge in [0, 0.05) is 37.0 Å². The number of carbonyl (C=O) groups is 4. The molecule has 0 saturated heterocycles. The summed E-state index contributed by atoms with van der Waals surface area (Å²) in [4.78, 5) is 89.2. The molecule has 4 aliphatic rings. The molecule has 658 valence electrons. The standard InChI is InChI=1S/C25H22F5N3O2.C25H25F2N3O2.C25H26IN3O2.C24H25N3O2/c1-11(2)7-17-25(33-18(35)9-15-19(26)21(28)23(30)22(29)20(15)27)32-16-6-4-13-8-12(10-34)3-5-14(13)24(16)31-17;1-14(2)9-22-25(30-23(32)12-15-4-7-19(26)20(27)11-15)29-21-8-5-17-10-16(13-31)3-6-18(17)24(21)28-22;1-15(2)11-22-25(29-23(31)13-16-3-7-19(26)8-4-16)28-21-10-6-18-12-17(14-30)5-9-20(18)24(21)27-22;1-15(2)12-21-23(27-24(29)17-6-4-3-5-7-17)26-20-11-9-18-13-16(14-28)8-10-19(18)22(20)25-21/h3,5,8,11,34H,4,6-7,9-10H2,1-2H3,(H,32,33,35);3-4,6-7,10-11,14,31H,5,8-9,12-13H2,1-2H3,(H,29,30,32);3-5,7-9,12,15,30H,6,10-11,13-14H2,1-2H3,(H,28,29,31);3-8,10,13,15,28H,9,11-12,14H2,1-2H3,(H,26,27,29). The van der Waals surface area contributed by atoms with Crippen LogP contribution in [0.1, 0.15) is 172 Å². The van der Waals surface area contributed by atoms with Gasteiger partial charge in [0.25, 0.3) is 5.91 Å². The Morgan fingerprint density at radius 3 is 0.953 bits per heavy atom. The average molecular weight is 1840 g/mol. The van der Waals surface area contributed by atoms with Gasteiger partial charge in [0.1, 0.15) is 0 Å². The molecule has 0 atom stereocenters. The summed E-state index contributed by atoms with van der Waals surface area (Å²) < 4.78 is 96.2. The molecule has 16 rings (SSSR count). The third-order valence-electron chi connectivity index (χ3n) is 21.8. The van der Waals surface area contributed by atoms with Gasteiger partial charge in [0.2, 0.25) is 23.5 Å². The van der Waals surface area contributed by atoms with Crippen LogP contribution in [0.25, 0.3) is 45.0 Å². The van der Waals surface area contributed by atoms with Gasteiger partial charge in [-0.3, -0.25) is 19.2 Å². The van der Waals surface area contributed by atoms with E-state index >= 15 is 0 Å². The van der Waals surface area contributed by atoms with E-state index < -0.39 is 58.6 Å². The molecular formula is C99H98F7IN12O8. The first-order valence-corrected chi connectivity index (χ1v) is 43.5. The first-order valence-electron chi connectivity index (χ1n) is 42.4. The number of nitrogens with zero attached hydrogens (tertiary/aromatic N) is 8. The number of aliphatic hydroxyl groups is 4. The lowest BCUT2D eigenvalue weighted by Gasteiger charge is -2.22. The third-order valence-corrected chi connectivity index (χ3v) is 22.5. The molecule has 0 radical (unpaired) electrons. The molecule has 20 nitrogen and oxygen atoms in total. The highest BCUT2D eigenvalue weighted by Crippen LogP contribution is 2.40. The van der Waals surface area contributed by atoms with E-state index in [-0.39, 0.29) is 62.3 Å². The van der Waals surface area contributed by atoms with Gasteiger partial charge in [-0.15, -0.1) is 0 Å². The zero-order chi connectivity index (χ0) is 90.6. The van der Waals surface area contributed by atoms with Crippen LogP contribution >= 0.6 is 22.6 Å². The molecule has 0 spiro atoms. The maximum atomic E-state index is 14.0. The number of benzene rings is 8. The Labute approximate surface area is 745 Å². The van der Waals surface area contributed by atoms with Crippen LogP contribution < -0.4 is 21.3 Å². The van der Waals surface area contributed by atoms with Crippen LogP contribution in [0, 0.1) is 68.0 Å². The zero-order valence-corrected chi connectivity index (χ0v) is 73.8. The van der Waals surface area contributed by atoms with E-state index in [2.05, 4.69) is 96.5 Å². The van der Waals surface area contributed by atoms with Crippen LogP contribution in [-0.2, 0) is 137 Å². The molecule has 12 aromatic rings. The number of aliphatic hydroxyl groups excluding tert-OH is 4. The van der Waals surface area contributed by atoms with Crippen LogP contribution in [0.3, 0.4) is 0 Å². The van der Waals surface area contributed by atoms with Gasteiger partial charge in [0.15, 0.2) is 58.2 Å². The predicted molar refractivity (Wildman–Crippen MR) is 481 cm³/mol. The minimum absolute atomic E-state index is 0.00661. The lowest BCUT2D eigenvalue weighted by Crippen LogP contribution is -2.22. The number of carbonyl (C=O) groups excluding carboxylic acids is 4. The number of aryl methyl sites for hydroxylation is 8. The van der Waals surface area contributed by atoms with E-state index in [0.29, 0.717) is 108 Å². The monoisotopic (exact) mass is 1840 g/mol. The maximum absolute atomic E-state index is 14.0. The van der Waals surface area contributed by atoms with E-state index in [0.717, 1.165) is 167 Å². The number of rotatable bonds is 23. The van der Waals surface area contributed by atoms with Gasteiger partial charge in [0.05, 0.1) is 114 Å². The van der Waals surface area contributed by atoms with Crippen molar-refractivity contribution in [3.8, 4) is 45.0 Å². The lowest BCUT2D eigenvalue weighted by atomic mass is 9.90. The first kappa shape index (κ1) is 92.7. The number of fused-ring (bicyclic) bond motifs is 12. The minimum Gasteiger partial charge on any atom is -0.392 e. The predicted octanol–water partition coefficient (Wildman–Crippen LogP) is 18.1. The molecule has 0 saturated carbocycles. The molecule has 8 N–H and O–H groups in total. The van der Waals surface area contributed by atoms with Gasteiger partial charge in [-0.05, 0) is 215 Å². The SMILES string of the molecule is CC(C)Cc1nc2c(nc1NC(=O)Cc1c(F)c(F)c(F)c(F)c1F)CCc1cc(CO)ccc1-2.CC(C)Cc1nc2c(nc1NC(=O)Cc1ccc(F)c(F)c1)CCc1cc(CO)ccc1-2.CC(C)Cc1nc2c(nc1NC(=O)Cc1ccc(I)cc1)CCc1cc(CO)ccc1-2.CC(C)Cc1nc2c(nc1NC(=O)c1ccccc1)CCc1cc(CO)ccc1-2. The Kier molecular flexibility index (Phi) is 30.4. The van der Waals surface area contributed by atoms with Gasteiger partial charge in [-0.25, -0.2) is 70.6 Å². The second-order valence-electron chi connectivity index (χ2n) is 33.7. The van der Waals surface area contributed by atoms with Gasteiger partial charge >= 0.3 is 0 Å². The third kappa shape index (κ3) is 22.7. The lowest BCUT2D eigenvalue weighted by molar-refractivity contribution is -0.116. The van der Waals surface area contributed by atoms with Crippen molar-refractivity contribution in [1.82, 2.24) is 39.9 Å². The van der Waals surface area contributed by atoms with Crippen LogP contribution in [0.2, 0.25) is 0 Å². The molecule has 0 bridgehead atoms. The first-order chi connectivity index (χ1) is 60.9. The summed E-state index contributed by atoms with van der Waals surface area (Å²) in [7, 11) is 0. The highest BCUT2D eigenvalue weighted by molar-refractivity contribution is 14.1. The number of anilines is 4. The summed E-state index contributed by atoms with van der Waals surface area (Å²) in [5.74, 6) is -11.3. The molecular weight excluding hydrogens is 1750 g/mol. The van der Waals surface area contributed by atoms with Crippen LogP contribution in [0.15, 0.2) is 146 Å². The number of hydrogen-bond acceptors (Lipinski definition) is 16. The van der Waals surface area contributed by atoms with Crippen LogP contribution in [-0.4, -0.2) is 83.9 Å². The summed E-state index contributed by atoms with van der Waals surface area (Å²) in [6.07, 6.45) is 7.49. The van der Waals surface area contributed by atoms with Gasteiger partial charge in [-0.1, -0.05) is 165 Å². The number of hydrogen-bond donors (Lipinski definition) is 8. The van der Waals surface area contributed by atoms with Crippen molar-refractivity contribution < 1.29 is 70.3 Å². The van der Waals surface area contributed by atoms with Crippen molar-refractivity contribution in [3.63, 3.8) is 0 Å². The van der Waals surface area contributed by atoms with Gasteiger partial charge < -0.3 is 41.7 Å². The number of halogens is 8. The second-order valence-corrected chi connectivity index (χ2v) is 34.9. The van der Waals surface area contributed by atoms with Crippen LogP contribution in [0.4, 0.5) is 54.0 Å². The minimum atomic E-state index is -2.28. The van der Waals surface area contributed by atoms with E-state index in [1.54, 1.807) is 18.2 Å². The zero-order valence-electron chi connectivity index (χ0n) is 71.6. The topological polar surface area (TPSA) is 300 Å². The second kappa shape index (κ2) is 41.7. The summed E-state index contributed by atoms with van der Waals surface area (Å²) >= 11 is 2.26. The normalized spacial score (nSPS) is 12.4. The molecule has 0 unspecified atom stereocenters. The van der Waals surface area contributed by atoms with E-state index in [1.165, 1.54) is 17.2 Å².